The van der Waals surface area contributed by atoms with Gasteiger partial charge < -0.3 is 24.4 Å². The van der Waals surface area contributed by atoms with Gasteiger partial charge in [0.25, 0.3) is 5.91 Å². The summed E-state index contributed by atoms with van der Waals surface area (Å²) in [4.78, 5) is 27.6. The van der Waals surface area contributed by atoms with Crippen LogP contribution in [-0.4, -0.2) is 75.1 Å². The van der Waals surface area contributed by atoms with Crippen molar-refractivity contribution in [1.29, 1.82) is 0 Å². The predicted molar refractivity (Wildman–Crippen MR) is 139 cm³/mol. The van der Waals surface area contributed by atoms with Gasteiger partial charge in [0.05, 0.1) is 32.6 Å². The Labute approximate surface area is 213 Å². The first-order chi connectivity index (χ1) is 17.3. The normalized spacial score (nSPS) is 14.9. The summed E-state index contributed by atoms with van der Waals surface area (Å²) in [5.74, 6) is 0.899. The van der Waals surface area contributed by atoms with E-state index in [-0.39, 0.29) is 31.1 Å². The van der Waals surface area contributed by atoms with Gasteiger partial charge in [-0.25, -0.2) is 9.80 Å². The van der Waals surface area contributed by atoms with Crippen molar-refractivity contribution in [1.82, 2.24) is 15.2 Å². The number of methoxy groups -OCH3 is 3. The van der Waals surface area contributed by atoms with Crippen LogP contribution in [0.5, 0.6) is 11.5 Å². The summed E-state index contributed by atoms with van der Waals surface area (Å²) in [7, 11) is 4.72. The molecule has 0 saturated carbocycles. The molecule has 0 aliphatic carbocycles. The molecule has 3 amide bonds. The molecule has 0 fully saturated rings. The third kappa shape index (κ3) is 6.15. The van der Waals surface area contributed by atoms with Crippen molar-refractivity contribution in [3.8, 4) is 11.5 Å². The first-order valence-electron chi connectivity index (χ1n) is 12.0. The van der Waals surface area contributed by atoms with E-state index in [1.807, 2.05) is 31.2 Å². The summed E-state index contributed by atoms with van der Waals surface area (Å²) in [6.07, 6.45) is 0.531. The Morgan fingerprint density at radius 1 is 1.06 bits per heavy atom. The van der Waals surface area contributed by atoms with E-state index in [2.05, 4.69) is 31.3 Å². The van der Waals surface area contributed by atoms with E-state index >= 15 is 0 Å². The Kier molecular flexibility index (Phi) is 9.30. The zero-order valence-corrected chi connectivity index (χ0v) is 22.0. The van der Waals surface area contributed by atoms with Crippen LogP contribution in [0.3, 0.4) is 0 Å². The van der Waals surface area contributed by atoms with Gasteiger partial charge in [-0.3, -0.25) is 4.79 Å². The van der Waals surface area contributed by atoms with Gasteiger partial charge in [-0.15, -0.1) is 0 Å². The first kappa shape index (κ1) is 27.0. The standard InChI is InChI=1S/C27H36N4O5/c1-7-28-27(33)30(12-13-34-4)17-26(32)31-23(21-10-11-24(35-5)25(15-21)36-6)16-22(29-31)20-9-8-18(2)19(3)14-20/h8-11,14-15,23H,7,12-13,16-17H2,1-6H3,(H,28,33)/t23-/m0/s1. The van der Waals surface area contributed by atoms with Gasteiger partial charge in [0.15, 0.2) is 11.5 Å². The van der Waals surface area contributed by atoms with Gasteiger partial charge in [-0.2, -0.15) is 5.10 Å². The zero-order chi connectivity index (χ0) is 26.2. The number of amides is 3. The number of hydrogen-bond acceptors (Lipinski definition) is 6. The number of rotatable bonds is 10. The Bertz CT molecular complexity index is 1120. The van der Waals surface area contributed by atoms with Crippen LogP contribution >= 0.6 is 0 Å². The fraction of sp³-hybridized carbons (Fsp3) is 0.444. The number of aryl methyl sites for hydroxylation is 2. The number of benzene rings is 2. The fourth-order valence-electron chi connectivity index (χ4n) is 4.11. The summed E-state index contributed by atoms with van der Waals surface area (Å²) < 4.78 is 16.0. The Balaban J connectivity index is 1.97. The van der Waals surface area contributed by atoms with E-state index in [4.69, 9.17) is 19.3 Å². The average molecular weight is 497 g/mol. The second-order valence-electron chi connectivity index (χ2n) is 8.67. The molecule has 1 aliphatic heterocycles. The van der Waals surface area contributed by atoms with Gasteiger partial charge >= 0.3 is 6.03 Å². The Morgan fingerprint density at radius 2 is 1.81 bits per heavy atom. The molecule has 3 rings (SSSR count). The lowest BCUT2D eigenvalue weighted by molar-refractivity contribution is -0.133. The summed E-state index contributed by atoms with van der Waals surface area (Å²) in [6.45, 7) is 6.91. The van der Waals surface area contributed by atoms with Crippen molar-refractivity contribution < 1.29 is 23.8 Å². The average Bonchev–Trinajstić information content (AvgIpc) is 3.33. The quantitative estimate of drug-likeness (QED) is 0.542. The molecule has 36 heavy (non-hydrogen) atoms. The smallest absolute Gasteiger partial charge is 0.317 e. The maximum absolute atomic E-state index is 13.6. The second-order valence-corrected chi connectivity index (χ2v) is 8.67. The minimum absolute atomic E-state index is 0.122. The van der Waals surface area contributed by atoms with Crippen LogP contribution in [-0.2, 0) is 9.53 Å². The monoisotopic (exact) mass is 496 g/mol. The van der Waals surface area contributed by atoms with Gasteiger partial charge in [-0.05, 0) is 61.2 Å². The fourth-order valence-corrected chi connectivity index (χ4v) is 4.11. The minimum atomic E-state index is -0.354. The lowest BCUT2D eigenvalue weighted by atomic mass is 9.96. The van der Waals surface area contributed by atoms with Crippen LogP contribution in [0.4, 0.5) is 4.79 Å². The molecule has 1 N–H and O–H groups in total. The number of carbonyl (C=O) groups excluding carboxylic acids is 2. The highest BCUT2D eigenvalue weighted by Gasteiger charge is 2.35. The van der Waals surface area contributed by atoms with Gasteiger partial charge in [-0.1, -0.05) is 18.2 Å². The highest BCUT2D eigenvalue weighted by atomic mass is 16.5. The number of nitrogens with zero attached hydrogens (tertiary/aromatic N) is 3. The zero-order valence-electron chi connectivity index (χ0n) is 22.0. The minimum Gasteiger partial charge on any atom is -0.493 e. The van der Waals surface area contributed by atoms with Crippen molar-refractivity contribution in [2.75, 3.05) is 47.6 Å². The molecule has 0 aromatic heterocycles. The molecule has 1 aliphatic rings. The number of hydrazone groups is 1. The lowest BCUT2D eigenvalue weighted by Crippen LogP contribution is -2.47. The van der Waals surface area contributed by atoms with E-state index < -0.39 is 0 Å². The maximum atomic E-state index is 13.6. The molecule has 1 atom stereocenters. The molecule has 0 unspecified atom stereocenters. The number of nitrogens with one attached hydrogen (secondary N) is 1. The van der Waals surface area contributed by atoms with Crippen molar-refractivity contribution in [3.63, 3.8) is 0 Å². The second kappa shape index (κ2) is 12.4. The van der Waals surface area contributed by atoms with E-state index in [1.165, 1.54) is 15.5 Å². The van der Waals surface area contributed by atoms with Crippen molar-refractivity contribution in [2.45, 2.75) is 33.2 Å². The highest BCUT2D eigenvalue weighted by Crippen LogP contribution is 2.37. The number of hydrogen-bond donors (Lipinski definition) is 1. The van der Waals surface area contributed by atoms with Gasteiger partial charge in [0.1, 0.15) is 6.54 Å². The Morgan fingerprint density at radius 3 is 2.44 bits per heavy atom. The van der Waals surface area contributed by atoms with E-state index in [1.54, 1.807) is 21.3 Å². The largest absolute Gasteiger partial charge is 0.493 e. The van der Waals surface area contributed by atoms with Gasteiger partial charge in [0.2, 0.25) is 0 Å². The SMILES string of the molecule is CCNC(=O)N(CCOC)CC(=O)N1N=C(c2ccc(C)c(C)c2)C[C@H]1c1ccc(OC)c(OC)c1. The Hall–Kier alpha value is -3.59. The van der Waals surface area contributed by atoms with E-state index in [0.29, 0.717) is 31.1 Å². The molecule has 194 valence electrons. The van der Waals surface area contributed by atoms with Crippen LogP contribution in [0.1, 0.15) is 41.6 Å². The number of ether oxygens (including phenoxy) is 3. The van der Waals surface area contributed by atoms with Crippen molar-refractivity contribution >= 4 is 17.6 Å². The highest BCUT2D eigenvalue weighted by molar-refractivity contribution is 6.03. The van der Waals surface area contributed by atoms with Crippen molar-refractivity contribution in [3.05, 3.63) is 58.7 Å². The summed E-state index contributed by atoms with van der Waals surface area (Å²) >= 11 is 0. The molecule has 0 saturated heterocycles. The molecule has 0 radical (unpaired) electrons. The maximum Gasteiger partial charge on any atom is 0.317 e. The van der Waals surface area contributed by atoms with E-state index in [9.17, 15) is 9.59 Å². The van der Waals surface area contributed by atoms with Crippen LogP contribution in [0, 0.1) is 13.8 Å². The molecule has 2 aromatic rings. The van der Waals surface area contributed by atoms with Crippen molar-refractivity contribution in [2.24, 2.45) is 5.10 Å². The first-order valence-corrected chi connectivity index (χ1v) is 12.0. The third-order valence-corrected chi connectivity index (χ3v) is 6.31. The lowest BCUT2D eigenvalue weighted by Gasteiger charge is -2.27. The molecule has 2 aromatic carbocycles. The van der Waals surface area contributed by atoms with Crippen LogP contribution in [0.15, 0.2) is 41.5 Å². The summed E-state index contributed by atoms with van der Waals surface area (Å²) in [5, 5.41) is 9.01. The van der Waals surface area contributed by atoms with Crippen LogP contribution in [0.25, 0.3) is 0 Å². The predicted octanol–water partition coefficient (Wildman–Crippen LogP) is 3.68. The van der Waals surface area contributed by atoms with Crippen LogP contribution in [0.2, 0.25) is 0 Å². The van der Waals surface area contributed by atoms with Gasteiger partial charge in [0, 0.05) is 26.6 Å². The number of carbonyl (C=O) groups is 2. The molecular weight excluding hydrogens is 460 g/mol. The molecule has 0 spiro atoms. The number of urea groups is 1. The van der Waals surface area contributed by atoms with E-state index in [0.717, 1.165) is 22.4 Å². The molecule has 9 nitrogen and oxygen atoms in total. The summed E-state index contributed by atoms with van der Waals surface area (Å²) in [5.41, 5.74) is 5.00. The molecule has 9 heteroatoms. The third-order valence-electron chi connectivity index (χ3n) is 6.31. The molecule has 1 heterocycles. The summed E-state index contributed by atoms with van der Waals surface area (Å²) in [6, 6.07) is 11.1. The molecular formula is C27H36N4O5. The molecule has 0 bridgehead atoms. The van der Waals surface area contributed by atoms with Crippen LogP contribution < -0.4 is 14.8 Å². The topological polar surface area (TPSA) is 92.7 Å².